The molecular formula is C55H46S. The highest BCUT2D eigenvalue weighted by molar-refractivity contribution is 7.21. The molecule has 1 heterocycles. The van der Waals surface area contributed by atoms with Crippen LogP contribution in [0.25, 0.3) is 94.4 Å². The third kappa shape index (κ3) is 5.73. The van der Waals surface area contributed by atoms with Crippen molar-refractivity contribution in [1.29, 1.82) is 0 Å². The first-order valence-corrected chi connectivity index (χ1v) is 20.6. The minimum absolute atomic E-state index is 0.118. The third-order valence-electron chi connectivity index (χ3n) is 11.9. The van der Waals surface area contributed by atoms with Crippen molar-refractivity contribution in [3.63, 3.8) is 0 Å². The SMILES string of the molecule is C/C=C\c1sc2c(c1C)c1c(c3ccccc32)-c2cc(-c3ccc(-c4ccccccc(-c5ccc6ccccc6c5)c(=C/C)/c4=C\C)cc3)ccc2C1(C)C. The molecule has 0 bridgehead atoms. The molecule has 0 unspecified atom stereocenters. The lowest BCUT2D eigenvalue weighted by molar-refractivity contribution is 0.666. The van der Waals surface area contributed by atoms with Gasteiger partial charge in [0.2, 0.25) is 0 Å². The van der Waals surface area contributed by atoms with Gasteiger partial charge in [-0.15, -0.1) is 11.3 Å². The molecular weight excluding hydrogens is 693 g/mol. The second-order valence-corrected chi connectivity index (χ2v) is 16.5. The highest BCUT2D eigenvalue weighted by atomic mass is 32.1. The molecule has 0 aliphatic heterocycles. The van der Waals surface area contributed by atoms with Crippen molar-refractivity contribution in [2.75, 3.05) is 0 Å². The number of hydrogen-bond acceptors (Lipinski definition) is 1. The Hall–Kier alpha value is -6.02. The average Bonchev–Trinajstić information content (AvgIpc) is 3.68. The first-order valence-electron chi connectivity index (χ1n) is 19.8. The molecule has 0 atom stereocenters. The highest BCUT2D eigenvalue weighted by Crippen LogP contribution is 2.57. The molecule has 0 N–H and O–H groups in total. The summed E-state index contributed by atoms with van der Waals surface area (Å²) >= 11 is 1.93. The van der Waals surface area contributed by atoms with Crippen molar-refractivity contribution in [1.82, 2.24) is 0 Å². The van der Waals surface area contributed by atoms with Crippen LogP contribution in [0.4, 0.5) is 0 Å². The predicted octanol–water partition coefficient (Wildman–Crippen LogP) is 14.6. The van der Waals surface area contributed by atoms with Crippen molar-refractivity contribution in [3.8, 4) is 44.5 Å². The van der Waals surface area contributed by atoms with Gasteiger partial charge >= 0.3 is 0 Å². The van der Waals surface area contributed by atoms with E-state index in [0.717, 1.165) is 0 Å². The molecule has 1 heteroatoms. The van der Waals surface area contributed by atoms with E-state index < -0.39 is 0 Å². The molecule has 7 aromatic carbocycles. The van der Waals surface area contributed by atoms with Gasteiger partial charge in [-0.25, -0.2) is 0 Å². The van der Waals surface area contributed by atoms with E-state index in [-0.39, 0.29) is 5.41 Å². The topological polar surface area (TPSA) is 0 Å². The molecule has 9 rings (SSSR count). The van der Waals surface area contributed by atoms with Crippen LogP contribution < -0.4 is 10.4 Å². The van der Waals surface area contributed by atoms with Crippen LogP contribution in [0.1, 0.15) is 56.2 Å². The van der Waals surface area contributed by atoms with E-state index in [2.05, 4.69) is 211 Å². The van der Waals surface area contributed by atoms with E-state index in [4.69, 9.17) is 0 Å². The fourth-order valence-corrected chi connectivity index (χ4v) is 10.6. The Morgan fingerprint density at radius 1 is 0.518 bits per heavy atom. The van der Waals surface area contributed by atoms with Crippen molar-refractivity contribution in [2.24, 2.45) is 0 Å². The zero-order valence-corrected chi connectivity index (χ0v) is 33.9. The molecule has 1 aliphatic rings. The molecule has 1 aliphatic carbocycles. The van der Waals surface area contributed by atoms with E-state index in [1.54, 1.807) is 0 Å². The number of thiophene rings is 1. The minimum atomic E-state index is -0.118. The van der Waals surface area contributed by atoms with E-state index in [1.165, 1.54) is 108 Å². The van der Waals surface area contributed by atoms with Crippen LogP contribution in [-0.4, -0.2) is 0 Å². The number of rotatable bonds is 4. The average molecular weight is 739 g/mol. The molecule has 0 spiro atoms. The maximum absolute atomic E-state index is 2.46. The number of allylic oxidation sites excluding steroid dienone is 1. The summed E-state index contributed by atoms with van der Waals surface area (Å²) in [5, 5.41) is 9.08. The third-order valence-corrected chi connectivity index (χ3v) is 13.2. The summed E-state index contributed by atoms with van der Waals surface area (Å²) < 4.78 is 1.41. The fraction of sp³-hybridized carbons (Fsp3) is 0.127. The quantitative estimate of drug-likeness (QED) is 0.169. The summed E-state index contributed by atoms with van der Waals surface area (Å²) in [7, 11) is 0. The normalized spacial score (nSPS) is 13.8. The number of aryl methyl sites for hydroxylation is 1. The van der Waals surface area contributed by atoms with Crippen LogP contribution in [0.3, 0.4) is 0 Å². The summed E-state index contributed by atoms with van der Waals surface area (Å²) in [5.41, 5.74) is 14.2. The number of fused-ring (bicyclic) bond motifs is 9. The zero-order chi connectivity index (χ0) is 38.6. The molecule has 1 aromatic heterocycles. The Morgan fingerprint density at radius 3 is 1.80 bits per heavy atom. The van der Waals surface area contributed by atoms with E-state index in [1.807, 2.05) is 11.3 Å². The Kier molecular flexibility index (Phi) is 9.07. The number of hydrogen-bond donors (Lipinski definition) is 0. The summed E-state index contributed by atoms with van der Waals surface area (Å²) in [4.78, 5) is 1.36. The van der Waals surface area contributed by atoms with Gasteiger partial charge in [-0.2, -0.15) is 0 Å². The van der Waals surface area contributed by atoms with Gasteiger partial charge in [0.05, 0.1) is 0 Å². The smallest absolute Gasteiger partial charge is 0.0433 e. The van der Waals surface area contributed by atoms with Crippen molar-refractivity contribution in [3.05, 3.63) is 184 Å². The van der Waals surface area contributed by atoms with Crippen LogP contribution in [0.5, 0.6) is 0 Å². The van der Waals surface area contributed by atoms with Gasteiger partial charge in [0.15, 0.2) is 0 Å². The second-order valence-electron chi connectivity index (χ2n) is 15.5. The van der Waals surface area contributed by atoms with Gasteiger partial charge in [-0.3, -0.25) is 0 Å². The fourth-order valence-electron chi connectivity index (χ4n) is 9.23. The summed E-state index contributed by atoms with van der Waals surface area (Å²) in [5.74, 6) is 0. The molecule has 8 aromatic rings. The second kappa shape index (κ2) is 14.2. The van der Waals surface area contributed by atoms with Crippen LogP contribution >= 0.6 is 11.3 Å². The Balaban J connectivity index is 1.19. The molecule has 0 amide bonds. The molecule has 0 radical (unpaired) electrons. The van der Waals surface area contributed by atoms with Gasteiger partial charge in [0, 0.05) is 25.8 Å². The lowest BCUT2D eigenvalue weighted by Crippen LogP contribution is -2.27. The predicted molar refractivity (Wildman–Crippen MR) is 247 cm³/mol. The molecule has 0 saturated carbocycles. The first-order chi connectivity index (χ1) is 27.3. The van der Waals surface area contributed by atoms with Crippen LogP contribution in [-0.2, 0) is 5.41 Å². The van der Waals surface area contributed by atoms with Gasteiger partial charge < -0.3 is 0 Å². The van der Waals surface area contributed by atoms with Crippen LogP contribution in [0.2, 0.25) is 0 Å². The van der Waals surface area contributed by atoms with Crippen LogP contribution in [0, 0.1) is 6.92 Å². The Morgan fingerprint density at radius 2 is 1.11 bits per heavy atom. The monoisotopic (exact) mass is 738 g/mol. The van der Waals surface area contributed by atoms with Crippen molar-refractivity contribution in [2.45, 2.75) is 47.0 Å². The molecule has 272 valence electrons. The van der Waals surface area contributed by atoms with E-state index in [9.17, 15) is 0 Å². The van der Waals surface area contributed by atoms with E-state index in [0.29, 0.717) is 0 Å². The maximum atomic E-state index is 2.46. The maximum Gasteiger partial charge on any atom is 0.0433 e. The van der Waals surface area contributed by atoms with E-state index >= 15 is 0 Å². The largest absolute Gasteiger partial charge is 0.135 e. The number of benzene rings is 6. The van der Waals surface area contributed by atoms with Crippen LogP contribution in [0.15, 0.2) is 152 Å². The first kappa shape index (κ1) is 35.7. The highest BCUT2D eigenvalue weighted by Gasteiger charge is 2.39. The summed E-state index contributed by atoms with van der Waals surface area (Å²) in [6.07, 6.45) is 8.97. The van der Waals surface area contributed by atoms with Gasteiger partial charge in [-0.1, -0.05) is 166 Å². The lowest BCUT2D eigenvalue weighted by Gasteiger charge is -2.23. The van der Waals surface area contributed by atoms with Gasteiger partial charge in [0.1, 0.15) is 0 Å². The van der Waals surface area contributed by atoms with Gasteiger partial charge in [0.25, 0.3) is 0 Å². The summed E-state index contributed by atoms with van der Waals surface area (Å²) in [6, 6.07) is 53.9. The molecule has 0 saturated heterocycles. The van der Waals surface area contributed by atoms with Gasteiger partial charge in [-0.05, 0) is 134 Å². The molecule has 0 fully saturated rings. The lowest BCUT2D eigenvalue weighted by atomic mass is 9.79. The molecule has 56 heavy (non-hydrogen) atoms. The standard InChI is InChI=1S/C55H46S/c1-7-18-50-35(4)51-53-52(46-23-16-17-24-47(46)54(51)56-50)48-34-40(31-32-49(48)55(53,5)6)37-25-28-38(29-26-37)44-21-12-10-11-13-22-45(43(9-3)42(44)8-2)41-30-27-36-19-14-15-20-39(36)33-41/h7-34H,1-6H3/b12-10?,13-11?,18-7-,42-8+,43-9+,44-21?,45-22?. The minimum Gasteiger partial charge on any atom is -0.135 e. The zero-order valence-electron chi connectivity index (χ0n) is 33.1. The van der Waals surface area contributed by atoms with Crippen molar-refractivity contribution < 1.29 is 0 Å². The molecule has 0 nitrogen and oxygen atoms in total. The Labute approximate surface area is 334 Å². The van der Waals surface area contributed by atoms with Crippen molar-refractivity contribution >= 4 is 61.2 Å². The summed E-state index contributed by atoms with van der Waals surface area (Å²) in [6.45, 7) is 13.6. The Bertz CT molecular complexity index is 3080.